The molecular formula is C26H26N2O5. The van der Waals surface area contributed by atoms with Crippen LogP contribution in [0.4, 0.5) is 10.5 Å². The van der Waals surface area contributed by atoms with Crippen molar-refractivity contribution in [1.82, 2.24) is 5.16 Å². The second-order valence-electron chi connectivity index (χ2n) is 9.09. The molecule has 2 saturated carbocycles. The zero-order valence-corrected chi connectivity index (χ0v) is 18.6. The summed E-state index contributed by atoms with van der Waals surface area (Å²) in [6.45, 7) is 3.68. The van der Waals surface area contributed by atoms with E-state index in [1.54, 1.807) is 6.92 Å². The Bertz CT molecular complexity index is 1190. The SMILES string of the molecule is Cc1noc(-c2ccc(-c3ccc(C4(C(=O)O)CC4)cc3)cc2)c1NC(=O)O[C@@H](C)C1CC1. The van der Waals surface area contributed by atoms with Crippen molar-refractivity contribution in [2.75, 3.05) is 5.32 Å². The van der Waals surface area contributed by atoms with Gasteiger partial charge in [0.15, 0.2) is 5.76 Å². The van der Waals surface area contributed by atoms with Gasteiger partial charge in [0, 0.05) is 5.56 Å². The van der Waals surface area contributed by atoms with E-state index in [-0.39, 0.29) is 6.10 Å². The van der Waals surface area contributed by atoms with Crippen molar-refractivity contribution in [3.8, 4) is 22.5 Å². The third-order valence-corrected chi connectivity index (χ3v) is 6.75. The van der Waals surface area contributed by atoms with Gasteiger partial charge in [0.25, 0.3) is 0 Å². The number of aryl methyl sites for hydroxylation is 1. The molecule has 0 bridgehead atoms. The Hall–Kier alpha value is -3.61. The second-order valence-corrected chi connectivity index (χ2v) is 9.09. The van der Waals surface area contributed by atoms with Crippen LogP contribution in [-0.2, 0) is 14.9 Å². The highest BCUT2D eigenvalue weighted by atomic mass is 16.6. The number of carbonyl (C=O) groups excluding carboxylic acids is 1. The molecule has 1 aromatic heterocycles. The van der Waals surface area contributed by atoms with Gasteiger partial charge >= 0.3 is 12.1 Å². The predicted molar refractivity (Wildman–Crippen MR) is 123 cm³/mol. The molecule has 7 nitrogen and oxygen atoms in total. The molecule has 0 radical (unpaired) electrons. The number of aliphatic carboxylic acids is 1. The van der Waals surface area contributed by atoms with Gasteiger partial charge in [-0.15, -0.1) is 0 Å². The largest absolute Gasteiger partial charge is 0.481 e. The van der Waals surface area contributed by atoms with Crippen LogP contribution < -0.4 is 5.32 Å². The highest BCUT2D eigenvalue weighted by Crippen LogP contribution is 2.48. The van der Waals surface area contributed by atoms with Crippen molar-refractivity contribution >= 4 is 17.7 Å². The van der Waals surface area contributed by atoms with Gasteiger partial charge in [-0.25, -0.2) is 4.79 Å². The molecule has 5 rings (SSSR count). The average Bonchev–Trinajstić information content (AvgIpc) is 3.73. The Kier molecular flexibility index (Phi) is 5.19. The summed E-state index contributed by atoms with van der Waals surface area (Å²) in [5, 5.41) is 16.3. The summed E-state index contributed by atoms with van der Waals surface area (Å²) in [6.07, 6.45) is 2.97. The van der Waals surface area contributed by atoms with Gasteiger partial charge in [-0.3, -0.25) is 10.1 Å². The maximum atomic E-state index is 12.3. The van der Waals surface area contributed by atoms with Crippen LogP contribution in [0.3, 0.4) is 0 Å². The fourth-order valence-electron chi connectivity index (χ4n) is 4.22. The number of carbonyl (C=O) groups is 2. The number of amides is 1. The molecule has 2 aliphatic rings. The number of carboxylic acid groups (broad SMARTS) is 1. The maximum Gasteiger partial charge on any atom is 0.412 e. The summed E-state index contributed by atoms with van der Waals surface area (Å²) in [6, 6.07) is 15.5. The number of anilines is 1. The second kappa shape index (κ2) is 8.06. The Labute approximate surface area is 191 Å². The molecule has 0 saturated heterocycles. The molecule has 2 aliphatic carbocycles. The first kappa shape index (κ1) is 21.2. The number of carboxylic acids is 1. The lowest BCUT2D eigenvalue weighted by Gasteiger charge is -2.13. The summed E-state index contributed by atoms with van der Waals surface area (Å²) < 4.78 is 11.0. The van der Waals surface area contributed by atoms with E-state index in [1.807, 2.05) is 55.5 Å². The van der Waals surface area contributed by atoms with Crippen molar-refractivity contribution in [3.63, 3.8) is 0 Å². The summed E-state index contributed by atoms with van der Waals surface area (Å²) in [4.78, 5) is 23.9. The minimum Gasteiger partial charge on any atom is -0.481 e. The Balaban J connectivity index is 1.32. The molecule has 0 unspecified atom stereocenters. The van der Waals surface area contributed by atoms with Crippen molar-refractivity contribution in [1.29, 1.82) is 0 Å². The first-order valence-corrected chi connectivity index (χ1v) is 11.3. The van der Waals surface area contributed by atoms with Crippen LogP contribution in [0, 0.1) is 12.8 Å². The smallest absolute Gasteiger partial charge is 0.412 e. The number of ether oxygens (including phenoxy) is 1. The summed E-state index contributed by atoms with van der Waals surface area (Å²) >= 11 is 0. The monoisotopic (exact) mass is 446 g/mol. The molecule has 7 heteroatoms. The van der Waals surface area contributed by atoms with Crippen molar-refractivity contribution in [2.24, 2.45) is 5.92 Å². The maximum absolute atomic E-state index is 12.3. The van der Waals surface area contributed by atoms with Crippen LogP contribution in [-0.4, -0.2) is 28.4 Å². The van der Waals surface area contributed by atoms with E-state index in [4.69, 9.17) is 9.26 Å². The minimum absolute atomic E-state index is 0.107. The van der Waals surface area contributed by atoms with Crippen molar-refractivity contribution < 1.29 is 24.0 Å². The molecule has 2 N–H and O–H groups in total. The molecule has 1 heterocycles. The number of nitrogens with one attached hydrogen (secondary N) is 1. The molecule has 170 valence electrons. The number of hydrogen-bond acceptors (Lipinski definition) is 5. The molecule has 2 fully saturated rings. The number of hydrogen-bond donors (Lipinski definition) is 2. The van der Waals surface area contributed by atoms with Gasteiger partial charge in [0.05, 0.1) is 5.41 Å². The normalized spacial score (nSPS) is 17.3. The van der Waals surface area contributed by atoms with E-state index in [1.165, 1.54) is 0 Å². The number of nitrogens with zero attached hydrogens (tertiary/aromatic N) is 1. The van der Waals surface area contributed by atoms with Gasteiger partial charge in [-0.1, -0.05) is 53.7 Å². The Morgan fingerprint density at radius 1 is 1.06 bits per heavy atom. The standard InChI is InChI=1S/C26H26N2O5/c1-15-22(27-25(31)32-16(2)17-3-4-17)23(33-28-15)20-7-5-18(6-8-20)19-9-11-21(12-10-19)26(13-14-26)24(29)30/h5-12,16-17H,3-4,13-14H2,1-2H3,(H,27,31)(H,29,30)/t16-/m0/s1. The zero-order chi connectivity index (χ0) is 23.2. The lowest BCUT2D eigenvalue weighted by atomic mass is 9.93. The van der Waals surface area contributed by atoms with E-state index < -0.39 is 17.5 Å². The molecular weight excluding hydrogens is 420 g/mol. The average molecular weight is 447 g/mol. The highest BCUT2D eigenvalue weighted by Gasteiger charge is 2.51. The predicted octanol–water partition coefficient (Wildman–Crippen LogP) is 5.78. The van der Waals surface area contributed by atoms with E-state index in [2.05, 4.69) is 10.5 Å². The molecule has 0 spiro atoms. The lowest BCUT2D eigenvalue weighted by molar-refractivity contribution is -0.140. The van der Waals surface area contributed by atoms with E-state index in [0.29, 0.717) is 35.9 Å². The van der Waals surface area contributed by atoms with E-state index in [0.717, 1.165) is 35.1 Å². The summed E-state index contributed by atoms with van der Waals surface area (Å²) in [5.41, 5.74) is 4.00. The third-order valence-electron chi connectivity index (χ3n) is 6.75. The fourth-order valence-corrected chi connectivity index (χ4v) is 4.22. The van der Waals surface area contributed by atoms with Gasteiger partial charge < -0.3 is 14.4 Å². The van der Waals surface area contributed by atoms with Crippen LogP contribution in [0.5, 0.6) is 0 Å². The lowest BCUT2D eigenvalue weighted by Crippen LogP contribution is -2.21. The van der Waals surface area contributed by atoms with Gasteiger partial charge in [-0.05, 0) is 62.1 Å². The van der Waals surface area contributed by atoms with E-state index in [9.17, 15) is 14.7 Å². The van der Waals surface area contributed by atoms with Crippen LogP contribution in [0.25, 0.3) is 22.5 Å². The van der Waals surface area contributed by atoms with Crippen molar-refractivity contribution in [3.05, 3.63) is 59.8 Å². The molecule has 3 aromatic rings. The molecule has 1 atom stereocenters. The Morgan fingerprint density at radius 3 is 2.18 bits per heavy atom. The van der Waals surface area contributed by atoms with Crippen molar-refractivity contribution in [2.45, 2.75) is 51.0 Å². The molecule has 2 aromatic carbocycles. The van der Waals surface area contributed by atoms with Crippen LogP contribution >= 0.6 is 0 Å². The number of rotatable bonds is 7. The topological polar surface area (TPSA) is 102 Å². The first-order chi connectivity index (χ1) is 15.9. The quantitative estimate of drug-likeness (QED) is 0.477. The summed E-state index contributed by atoms with van der Waals surface area (Å²) in [5.74, 6) is 0.180. The Morgan fingerprint density at radius 2 is 1.64 bits per heavy atom. The summed E-state index contributed by atoms with van der Waals surface area (Å²) in [7, 11) is 0. The molecule has 0 aliphatic heterocycles. The molecule has 1 amide bonds. The van der Waals surface area contributed by atoms with Crippen LogP contribution in [0.15, 0.2) is 53.1 Å². The van der Waals surface area contributed by atoms with Gasteiger partial charge in [0.2, 0.25) is 0 Å². The van der Waals surface area contributed by atoms with Crippen LogP contribution in [0.2, 0.25) is 0 Å². The van der Waals surface area contributed by atoms with Crippen LogP contribution in [0.1, 0.15) is 43.9 Å². The number of aromatic nitrogens is 1. The van der Waals surface area contributed by atoms with E-state index >= 15 is 0 Å². The van der Waals surface area contributed by atoms with Gasteiger partial charge in [0.1, 0.15) is 17.5 Å². The highest BCUT2D eigenvalue weighted by molar-refractivity contribution is 5.91. The zero-order valence-electron chi connectivity index (χ0n) is 18.6. The number of benzene rings is 2. The van der Waals surface area contributed by atoms with Gasteiger partial charge in [-0.2, -0.15) is 0 Å². The molecule has 33 heavy (non-hydrogen) atoms. The third kappa shape index (κ3) is 4.11. The first-order valence-electron chi connectivity index (χ1n) is 11.3. The minimum atomic E-state index is -0.753. The fraction of sp³-hybridized carbons (Fsp3) is 0.346.